The Kier molecular flexibility index (Phi) is 5.81. The maximum Gasteiger partial charge on any atom is 0.183 e. The van der Waals surface area contributed by atoms with E-state index >= 15 is 0 Å². The standard InChI is InChI=1S/C26H27ClFN7O/c1-36-22-11-23(30-12-20(22)28)34-8-4-17(5-9-34)25-32-31-24-14-33(16-26(15-29)6-7-26)13-18-10-19(27)2-3-21(18)35(24)25/h2-3,10-12,17H,4-9,13-14,16H2,1H3. The highest BCUT2D eigenvalue weighted by Crippen LogP contribution is 2.46. The van der Waals surface area contributed by atoms with E-state index in [4.69, 9.17) is 16.3 Å². The number of nitrogens with zero attached hydrogens (tertiary/aromatic N) is 7. The summed E-state index contributed by atoms with van der Waals surface area (Å²) < 4.78 is 21.1. The van der Waals surface area contributed by atoms with Crippen molar-refractivity contribution in [1.82, 2.24) is 24.6 Å². The molecule has 0 N–H and O–H groups in total. The molecule has 1 aliphatic carbocycles. The number of rotatable bonds is 5. The van der Waals surface area contributed by atoms with Crippen LogP contribution in [0.15, 0.2) is 30.5 Å². The van der Waals surface area contributed by atoms with Gasteiger partial charge in [0, 0.05) is 43.2 Å². The number of methoxy groups -OCH3 is 1. The monoisotopic (exact) mass is 507 g/mol. The first kappa shape index (κ1) is 23.2. The van der Waals surface area contributed by atoms with E-state index in [9.17, 15) is 9.65 Å². The summed E-state index contributed by atoms with van der Waals surface area (Å²) in [5, 5.41) is 19.6. The summed E-state index contributed by atoms with van der Waals surface area (Å²) in [6.07, 6.45) is 4.87. The smallest absolute Gasteiger partial charge is 0.183 e. The molecule has 3 aromatic rings. The van der Waals surface area contributed by atoms with Gasteiger partial charge in [-0.2, -0.15) is 5.26 Å². The van der Waals surface area contributed by atoms with E-state index in [-0.39, 0.29) is 17.1 Å². The minimum Gasteiger partial charge on any atom is -0.493 e. The van der Waals surface area contributed by atoms with Gasteiger partial charge in [-0.25, -0.2) is 9.37 Å². The van der Waals surface area contributed by atoms with Crippen LogP contribution in [0.5, 0.6) is 5.75 Å². The highest BCUT2D eigenvalue weighted by molar-refractivity contribution is 6.30. The van der Waals surface area contributed by atoms with Crippen LogP contribution >= 0.6 is 11.6 Å². The normalized spacial score (nSPS) is 19.2. The molecule has 1 aromatic carbocycles. The van der Waals surface area contributed by atoms with Gasteiger partial charge in [-0.3, -0.25) is 9.47 Å². The first-order valence-electron chi connectivity index (χ1n) is 12.3. The van der Waals surface area contributed by atoms with Crippen LogP contribution in [0.3, 0.4) is 0 Å². The summed E-state index contributed by atoms with van der Waals surface area (Å²) >= 11 is 6.39. The minimum atomic E-state index is -0.461. The largest absolute Gasteiger partial charge is 0.493 e. The molecule has 6 rings (SSSR count). The van der Waals surface area contributed by atoms with Gasteiger partial charge in [0.25, 0.3) is 0 Å². The number of benzene rings is 1. The molecule has 2 aromatic heterocycles. The summed E-state index contributed by atoms with van der Waals surface area (Å²) in [6.45, 7) is 3.64. The van der Waals surface area contributed by atoms with Gasteiger partial charge in [0.1, 0.15) is 11.6 Å². The van der Waals surface area contributed by atoms with Crippen molar-refractivity contribution in [3.8, 4) is 17.5 Å². The number of hydrogen-bond donors (Lipinski definition) is 0. The van der Waals surface area contributed by atoms with Crippen LogP contribution in [0.25, 0.3) is 5.69 Å². The third-order valence-electron chi connectivity index (χ3n) is 7.62. The van der Waals surface area contributed by atoms with Gasteiger partial charge in [-0.05, 0) is 49.4 Å². The molecule has 3 aliphatic rings. The van der Waals surface area contributed by atoms with Crippen molar-refractivity contribution in [2.24, 2.45) is 5.41 Å². The molecule has 0 unspecified atom stereocenters. The van der Waals surface area contributed by atoms with Gasteiger partial charge in [0.05, 0.1) is 37.0 Å². The lowest BCUT2D eigenvalue weighted by Crippen LogP contribution is -2.34. The van der Waals surface area contributed by atoms with E-state index < -0.39 is 5.82 Å². The predicted octanol–water partition coefficient (Wildman–Crippen LogP) is 4.47. The molecule has 36 heavy (non-hydrogen) atoms. The average Bonchev–Trinajstić information content (AvgIpc) is 3.58. The molecule has 4 heterocycles. The molecule has 0 amide bonds. The SMILES string of the molecule is COc1cc(N2CCC(c3nnc4n3-c3ccc(Cl)cc3CN(CC3(C#N)CC3)C4)CC2)ncc1F. The van der Waals surface area contributed by atoms with Crippen LogP contribution in [0, 0.1) is 22.6 Å². The molecule has 10 heteroatoms. The van der Waals surface area contributed by atoms with E-state index in [1.165, 1.54) is 13.3 Å². The number of halogens is 2. The second-order valence-electron chi connectivity index (χ2n) is 10.1. The Bertz CT molecular complexity index is 1340. The molecule has 2 fully saturated rings. The van der Waals surface area contributed by atoms with Gasteiger partial charge in [-0.1, -0.05) is 11.6 Å². The van der Waals surface area contributed by atoms with Crippen molar-refractivity contribution in [2.45, 2.75) is 44.7 Å². The van der Waals surface area contributed by atoms with Crippen LogP contribution in [0.2, 0.25) is 5.02 Å². The number of nitriles is 1. The number of ether oxygens (including phenoxy) is 1. The lowest BCUT2D eigenvalue weighted by molar-refractivity contribution is 0.223. The Hall–Kier alpha value is -3.22. The molecule has 186 valence electrons. The molecule has 8 nitrogen and oxygen atoms in total. The summed E-state index contributed by atoms with van der Waals surface area (Å²) in [7, 11) is 1.46. The summed E-state index contributed by atoms with van der Waals surface area (Å²) in [5.41, 5.74) is 1.95. The van der Waals surface area contributed by atoms with Crippen molar-refractivity contribution in [2.75, 3.05) is 31.6 Å². The molecule has 1 saturated carbocycles. The molecule has 0 radical (unpaired) electrons. The average molecular weight is 508 g/mol. The third-order valence-corrected chi connectivity index (χ3v) is 7.86. The molecular formula is C26H27ClFN7O. The van der Waals surface area contributed by atoms with Gasteiger partial charge < -0.3 is 9.64 Å². The number of pyridine rings is 1. The second kappa shape index (κ2) is 9.02. The number of hydrogen-bond acceptors (Lipinski definition) is 7. The molecule has 0 atom stereocenters. The third kappa shape index (κ3) is 4.18. The van der Waals surface area contributed by atoms with Gasteiger partial charge in [-0.15, -0.1) is 10.2 Å². The number of aromatic nitrogens is 4. The zero-order valence-electron chi connectivity index (χ0n) is 20.1. The first-order chi connectivity index (χ1) is 17.5. The minimum absolute atomic E-state index is 0.203. The van der Waals surface area contributed by atoms with Crippen molar-refractivity contribution in [1.29, 1.82) is 5.26 Å². The highest BCUT2D eigenvalue weighted by Gasteiger charge is 2.45. The zero-order valence-corrected chi connectivity index (χ0v) is 20.9. The Morgan fingerprint density at radius 1 is 1.19 bits per heavy atom. The Morgan fingerprint density at radius 3 is 2.72 bits per heavy atom. The van der Waals surface area contributed by atoms with Gasteiger partial charge in [0.2, 0.25) is 0 Å². The van der Waals surface area contributed by atoms with Crippen LogP contribution in [0.4, 0.5) is 10.2 Å². The highest BCUT2D eigenvalue weighted by atomic mass is 35.5. The predicted molar refractivity (Wildman–Crippen MR) is 133 cm³/mol. The van der Waals surface area contributed by atoms with E-state index in [2.05, 4.69) is 41.7 Å². The van der Waals surface area contributed by atoms with E-state index in [1.807, 2.05) is 12.1 Å². The summed E-state index contributed by atoms with van der Waals surface area (Å²) in [6, 6.07) is 10.2. The molecular weight excluding hydrogens is 481 g/mol. The fraction of sp³-hybridized carbons (Fsp3) is 0.462. The van der Waals surface area contributed by atoms with Crippen molar-refractivity contribution in [3.05, 3.63) is 58.5 Å². The van der Waals surface area contributed by atoms with Gasteiger partial charge in [0.15, 0.2) is 17.4 Å². The summed E-state index contributed by atoms with van der Waals surface area (Å²) in [5.74, 6) is 2.54. The van der Waals surface area contributed by atoms with Crippen molar-refractivity contribution < 1.29 is 9.13 Å². The number of anilines is 1. The van der Waals surface area contributed by atoms with Crippen LogP contribution in [0.1, 0.15) is 48.8 Å². The first-order valence-corrected chi connectivity index (χ1v) is 12.7. The Morgan fingerprint density at radius 2 is 2.00 bits per heavy atom. The zero-order chi connectivity index (χ0) is 24.9. The lowest BCUT2D eigenvalue weighted by Gasteiger charge is -2.32. The van der Waals surface area contributed by atoms with Crippen molar-refractivity contribution >= 4 is 17.4 Å². The maximum atomic E-state index is 13.8. The van der Waals surface area contributed by atoms with Crippen LogP contribution in [-0.2, 0) is 13.1 Å². The quantitative estimate of drug-likeness (QED) is 0.504. The van der Waals surface area contributed by atoms with E-state index in [0.29, 0.717) is 17.4 Å². The molecule has 0 bridgehead atoms. The Labute approximate surface area is 214 Å². The fourth-order valence-electron chi connectivity index (χ4n) is 5.46. The molecule has 0 spiro atoms. The maximum absolute atomic E-state index is 13.8. The van der Waals surface area contributed by atoms with Crippen LogP contribution in [-0.4, -0.2) is 51.4 Å². The molecule has 2 aliphatic heterocycles. The summed E-state index contributed by atoms with van der Waals surface area (Å²) in [4.78, 5) is 8.73. The van der Waals surface area contributed by atoms with E-state index in [1.54, 1.807) is 6.07 Å². The van der Waals surface area contributed by atoms with Gasteiger partial charge >= 0.3 is 0 Å². The van der Waals surface area contributed by atoms with Crippen molar-refractivity contribution in [3.63, 3.8) is 0 Å². The fourth-order valence-corrected chi connectivity index (χ4v) is 5.65. The number of fused-ring (bicyclic) bond motifs is 3. The lowest BCUT2D eigenvalue weighted by atomic mass is 9.95. The van der Waals surface area contributed by atoms with Crippen LogP contribution < -0.4 is 9.64 Å². The van der Waals surface area contributed by atoms with E-state index in [0.717, 1.165) is 74.8 Å². The second-order valence-corrected chi connectivity index (χ2v) is 10.5. The Balaban J connectivity index is 1.27. The molecule has 1 saturated heterocycles. The number of piperidine rings is 1. The topological polar surface area (TPSA) is 83.1 Å².